The van der Waals surface area contributed by atoms with Gasteiger partial charge in [-0.3, -0.25) is 9.09 Å². The van der Waals surface area contributed by atoms with Gasteiger partial charge in [-0.15, -0.1) is 0 Å². The van der Waals surface area contributed by atoms with Crippen molar-refractivity contribution in [2.24, 2.45) is 0 Å². The normalized spacial score (nSPS) is 14.1. The van der Waals surface area contributed by atoms with E-state index in [1.54, 1.807) is 0 Å². The molecule has 0 aliphatic carbocycles. The van der Waals surface area contributed by atoms with E-state index >= 15 is 0 Å². The van der Waals surface area contributed by atoms with Gasteiger partial charge in [-0.2, -0.15) is 21.6 Å². The van der Waals surface area contributed by atoms with E-state index in [1.807, 2.05) is 0 Å². The number of hydrogen-bond acceptors (Lipinski definition) is 5. The number of alkyl halides is 3. The standard InChI is InChI=1S/C10H12F3O6PS/c1-2-7-4-3-5-8(10(11,12)13)9(7)21(16,17)19-6-18-20(14)15/h3-5,20H,2,6H2,1H3,(H,14,15). The number of aryl methyl sites for hydroxylation is 1. The highest BCUT2D eigenvalue weighted by Gasteiger charge is 2.38. The highest BCUT2D eigenvalue weighted by molar-refractivity contribution is 7.86. The second kappa shape index (κ2) is 6.89. The van der Waals surface area contributed by atoms with E-state index in [1.165, 1.54) is 13.0 Å². The van der Waals surface area contributed by atoms with Crippen LogP contribution in [0.25, 0.3) is 0 Å². The summed E-state index contributed by atoms with van der Waals surface area (Å²) in [5, 5.41) is 0. The van der Waals surface area contributed by atoms with E-state index in [4.69, 9.17) is 4.89 Å². The molecule has 1 rings (SSSR count). The number of hydrogen-bond donors (Lipinski definition) is 1. The zero-order chi connectivity index (χ0) is 16.3. The highest BCUT2D eigenvalue weighted by atomic mass is 32.2. The summed E-state index contributed by atoms with van der Waals surface area (Å²) in [5.41, 5.74) is -1.44. The fraction of sp³-hybridized carbons (Fsp3) is 0.400. The summed E-state index contributed by atoms with van der Waals surface area (Å²) in [6.45, 7) is 0.337. The lowest BCUT2D eigenvalue weighted by Crippen LogP contribution is -2.18. The molecule has 0 aliphatic heterocycles. The van der Waals surface area contributed by atoms with Crippen LogP contribution in [-0.2, 0) is 36.0 Å². The molecule has 0 saturated heterocycles. The van der Waals surface area contributed by atoms with Crippen LogP contribution in [0, 0.1) is 0 Å². The zero-order valence-corrected chi connectivity index (χ0v) is 12.5. The molecule has 0 amide bonds. The van der Waals surface area contributed by atoms with Crippen LogP contribution in [0.5, 0.6) is 0 Å². The minimum Gasteiger partial charge on any atom is -0.326 e. The average molecular weight is 348 g/mol. The smallest absolute Gasteiger partial charge is 0.326 e. The van der Waals surface area contributed by atoms with Crippen LogP contribution in [0.15, 0.2) is 23.1 Å². The van der Waals surface area contributed by atoms with Crippen molar-refractivity contribution in [3.63, 3.8) is 0 Å². The first-order valence-electron chi connectivity index (χ1n) is 5.53. The van der Waals surface area contributed by atoms with Gasteiger partial charge in [-0.05, 0) is 18.1 Å². The molecule has 120 valence electrons. The van der Waals surface area contributed by atoms with Gasteiger partial charge >= 0.3 is 14.4 Å². The Balaban J connectivity index is 3.29. The van der Waals surface area contributed by atoms with Gasteiger partial charge in [-0.1, -0.05) is 19.1 Å². The third kappa shape index (κ3) is 4.79. The van der Waals surface area contributed by atoms with Crippen molar-refractivity contribution < 1.29 is 39.8 Å². The second-order valence-electron chi connectivity index (χ2n) is 3.75. The fourth-order valence-electron chi connectivity index (χ4n) is 1.58. The lowest BCUT2D eigenvalue weighted by molar-refractivity contribution is -0.140. The number of halogens is 3. The fourth-order valence-corrected chi connectivity index (χ4v) is 3.10. The molecule has 0 saturated carbocycles. The Kier molecular flexibility index (Phi) is 5.94. The Morgan fingerprint density at radius 2 is 1.95 bits per heavy atom. The van der Waals surface area contributed by atoms with Crippen LogP contribution in [-0.4, -0.2) is 20.1 Å². The summed E-state index contributed by atoms with van der Waals surface area (Å²) >= 11 is 0. The molecule has 0 aromatic heterocycles. The lowest BCUT2D eigenvalue weighted by Gasteiger charge is -2.16. The number of rotatable bonds is 6. The van der Waals surface area contributed by atoms with E-state index < -0.39 is 41.8 Å². The summed E-state index contributed by atoms with van der Waals surface area (Å²) in [6, 6.07) is 2.93. The van der Waals surface area contributed by atoms with Crippen molar-refractivity contribution in [1.29, 1.82) is 0 Å². The van der Waals surface area contributed by atoms with Crippen molar-refractivity contribution in [3.05, 3.63) is 29.3 Å². The monoisotopic (exact) mass is 348 g/mol. The Bertz CT molecular complexity index is 628. The van der Waals surface area contributed by atoms with Crippen LogP contribution >= 0.6 is 8.25 Å². The van der Waals surface area contributed by atoms with E-state index in [0.29, 0.717) is 6.07 Å². The third-order valence-corrected chi connectivity index (χ3v) is 4.17. The van der Waals surface area contributed by atoms with E-state index in [9.17, 15) is 26.2 Å². The molecule has 0 bridgehead atoms. The largest absolute Gasteiger partial charge is 0.417 e. The Hall–Kier alpha value is -0.930. The van der Waals surface area contributed by atoms with Gasteiger partial charge in [-0.25, -0.2) is 4.18 Å². The van der Waals surface area contributed by atoms with E-state index in [-0.39, 0.29) is 12.0 Å². The van der Waals surface area contributed by atoms with Gasteiger partial charge in [0.25, 0.3) is 10.1 Å². The van der Waals surface area contributed by atoms with Gasteiger partial charge in [0.1, 0.15) is 4.90 Å². The minimum absolute atomic E-state index is 0.0271. The Labute approximate surface area is 119 Å². The predicted octanol–water partition coefficient (Wildman–Crippen LogP) is 2.33. The molecular formula is C10H12F3O6PS. The van der Waals surface area contributed by atoms with Crippen molar-refractivity contribution in [2.45, 2.75) is 24.4 Å². The molecule has 1 unspecified atom stereocenters. The summed E-state index contributed by atoms with van der Waals surface area (Å²) in [5.74, 6) is 0. The Morgan fingerprint density at radius 3 is 2.43 bits per heavy atom. The first kappa shape index (κ1) is 18.1. The maximum atomic E-state index is 12.9. The van der Waals surface area contributed by atoms with Gasteiger partial charge in [0, 0.05) is 0 Å². The molecule has 0 fully saturated rings. The summed E-state index contributed by atoms with van der Waals surface area (Å²) in [7, 11) is -8.24. The molecule has 11 heteroatoms. The van der Waals surface area contributed by atoms with Gasteiger partial charge in [0.05, 0.1) is 5.56 Å². The van der Waals surface area contributed by atoms with Crippen molar-refractivity contribution in [1.82, 2.24) is 0 Å². The first-order chi connectivity index (χ1) is 9.59. The maximum Gasteiger partial charge on any atom is 0.417 e. The molecule has 0 heterocycles. The molecule has 1 aromatic carbocycles. The second-order valence-corrected chi connectivity index (χ2v) is 6.12. The molecular weight excluding hydrogens is 336 g/mol. The summed E-state index contributed by atoms with van der Waals surface area (Å²) in [6.07, 6.45) is -4.86. The van der Waals surface area contributed by atoms with Crippen LogP contribution in [0.2, 0.25) is 0 Å². The Morgan fingerprint density at radius 1 is 1.33 bits per heavy atom. The molecule has 0 spiro atoms. The molecule has 0 radical (unpaired) electrons. The average Bonchev–Trinajstić information content (AvgIpc) is 2.36. The third-order valence-electron chi connectivity index (χ3n) is 2.42. The van der Waals surface area contributed by atoms with Crippen LogP contribution in [0.4, 0.5) is 13.2 Å². The van der Waals surface area contributed by atoms with Crippen LogP contribution < -0.4 is 0 Å². The molecule has 1 N–H and O–H groups in total. The molecule has 1 atom stereocenters. The van der Waals surface area contributed by atoms with E-state index in [2.05, 4.69) is 8.71 Å². The zero-order valence-electron chi connectivity index (χ0n) is 10.7. The van der Waals surface area contributed by atoms with Gasteiger partial charge < -0.3 is 4.89 Å². The SMILES string of the molecule is CCc1cccc(C(F)(F)F)c1S(=O)(=O)OCO[PH](=O)O. The number of benzene rings is 1. The molecule has 0 aliphatic rings. The van der Waals surface area contributed by atoms with Crippen molar-refractivity contribution >= 4 is 18.4 Å². The van der Waals surface area contributed by atoms with Crippen molar-refractivity contribution in [3.8, 4) is 0 Å². The summed E-state index contributed by atoms with van der Waals surface area (Å²) < 4.78 is 81.0. The summed E-state index contributed by atoms with van der Waals surface area (Å²) in [4.78, 5) is 7.36. The molecule has 1 aromatic rings. The topological polar surface area (TPSA) is 89.9 Å². The van der Waals surface area contributed by atoms with Crippen LogP contribution in [0.3, 0.4) is 0 Å². The first-order valence-corrected chi connectivity index (χ1v) is 8.21. The van der Waals surface area contributed by atoms with E-state index in [0.717, 1.165) is 6.07 Å². The molecule has 6 nitrogen and oxygen atoms in total. The minimum atomic E-state index is -4.89. The lowest BCUT2D eigenvalue weighted by atomic mass is 10.1. The van der Waals surface area contributed by atoms with Gasteiger partial charge in [0.15, 0.2) is 6.79 Å². The predicted molar refractivity (Wildman–Crippen MR) is 66.3 cm³/mol. The van der Waals surface area contributed by atoms with Crippen LogP contribution in [0.1, 0.15) is 18.1 Å². The molecule has 21 heavy (non-hydrogen) atoms. The maximum absolute atomic E-state index is 12.9. The highest BCUT2D eigenvalue weighted by Crippen LogP contribution is 2.36. The quantitative estimate of drug-likeness (QED) is 0.482. The van der Waals surface area contributed by atoms with Crippen molar-refractivity contribution in [2.75, 3.05) is 6.79 Å². The van der Waals surface area contributed by atoms with Gasteiger partial charge in [0.2, 0.25) is 0 Å².